The van der Waals surface area contributed by atoms with E-state index in [1.807, 2.05) is 0 Å². The Kier molecular flexibility index (Phi) is 6.16. The average molecular weight is 355 g/mol. The minimum absolute atomic E-state index is 0.00879. The van der Waals surface area contributed by atoms with Crippen LogP contribution in [-0.2, 0) is 6.42 Å². The van der Waals surface area contributed by atoms with E-state index in [4.69, 9.17) is 11.6 Å². The standard InChI is InChI=1S/C16H17ClF2N4O/c1-22(2)23(16(24)14-15(17)21-9-8-20-14)10-4-5-11-12(18)6-3-7-13(11)19/h3,6-9H,4-5,10H2,1-2H3. The largest absolute Gasteiger partial charge is 0.289 e. The van der Waals surface area contributed by atoms with Crippen molar-refractivity contribution in [2.24, 2.45) is 0 Å². The second-order valence-electron chi connectivity index (χ2n) is 5.28. The van der Waals surface area contributed by atoms with Crippen molar-refractivity contribution in [3.05, 3.63) is 58.6 Å². The van der Waals surface area contributed by atoms with Gasteiger partial charge in [-0.25, -0.2) is 23.8 Å². The van der Waals surface area contributed by atoms with Gasteiger partial charge >= 0.3 is 0 Å². The summed E-state index contributed by atoms with van der Waals surface area (Å²) < 4.78 is 27.3. The lowest BCUT2D eigenvalue weighted by Crippen LogP contribution is -2.43. The third-order valence-corrected chi connectivity index (χ3v) is 3.71. The molecule has 0 N–H and O–H groups in total. The number of aromatic nitrogens is 2. The number of nitrogens with zero attached hydrogens (tertiary/aromatic N) is 4. The fourth-order valence-electron chi connectivity index (χ4n) is 2.25. The Morgan fingerprint density at radius 1 is 1.17 bits per heavy atom. The highest BCUT2D eigenvalue weighted by molar-refractivity contribution is 6.32. The first-order chi connectivity index (χ1) is 11.4. The summed E-state index contributed by atoms with van der Waals surface area (Å²) in [5, 5.41) is 2.98. The Morgan fingerprint density at radius 3 is 2.38 bits per heavy atom. The number of hydrogen-bond donors (Lipinski definition) is 0. The lowest BCUT2D eigenvalue weighted by atomic mass is 10.1. The average Bonchev–Trinajstić information content (AvgIpc) is 2.53. The van der Waals surface area contributed by atoms with Gasteiger partial charge in [0.1, 0.15) is 11.6 Å². The van der Waals surface area contributed by atoms with Gasteiger partial charge in [-0.2, -0.15) is 0 Å². The molecular weight excluding hydrogens is 338 g/mol. The lowest BCUT2D eigenvalue weighted by molar-refractivity contribution is 0.0189. The van der Waals surface area contributed by atoms with Gasteiger partial charge in [0.25, 0.3) is 5.91 Å². The molecule has 2 aromatic rings. The summed E-state index contributed by atoms with van der Waals surface area (Å²) in [5.74, 6) is -1.60. The Hall–Kier alpha value is -2.12. The Morgan fingerprint density at radius 2 is 1.79 bits per heavy atom. The minimum Gasteiger partial charge on any atom is -0.270 e. The van der Waals surface area contributed by atoms with Crippen LogP contribution in [0.2, 0.25) is 5.15 Å². The summed E-state index contributed by atoms with van der Waals surface area (Å²) in [6, 6.07) is 3.75. The van der Waals surface area contributed by atoms with E-state index in [1.54, 1.807) is 19.1 Å². The maximum absolute atomic E-state index is 13.6. The molecule has 8 heteroatoms. The van der Waals surface area contributed by atoms with Gasteiger partial charge < -0.3 is 0 Å². The number of hydrazine groups is 1. The first-order valence-electron chi connectivity index (χ1n) is 7.30. The summed E-state index contributed by atoms with van der Waals surface area (Å²) in [4.78, 5) is 20.3. The number of benzene rings is 1. The molecule has 2 rings (SSSR count). The van der Waals surface area contributed by atoms with Crippen LogP contribution in [0.5, 0.6) is 0 Å². The van der Waals surface area contributed by atoms with E-state index in [9.17, 15) is 13.6 Å². The molecule has 1 heterocycles. The summed E-state index contributed by atoms with van der Waals surface area (Å²) in [6.07, 6.45) is 3.31. The molecule has 0 aliphatic rings. The molecule has 0 aliphatic carbocycles. The van der Waals surface area contributed by atoms with Crippen molar-refractivity contribution in [2.75, 3.05) is 20.6 Å². The van der Waals surface area contributed by atoms with E-state index in [2.05, 4.69) is 9.97 Å². The van der Waals surface area contributed by atoms with E-state index in [0.29, 0.717) is 6.42 Å². The van der Waals surface area contributed by atoms with Crippen LogP contribution in [0.3, 0.4) is 0 Å². The second kappa shape index (κ2) is 8.12. The number of hydrogen-bond acceptors (Lipinski definition) is 4. The van der Waals surface area contributed by atoms with Gasteiger partial charge in [0.15, 0.2) is 10.8 Å². The third-order valence-electron chi connectivity index (χ3n) is 3.43. The third kappa shape index (κ3) is 4.24. The van der Waals surface area contributed by atoms with Crippen molar-refractivity contribution in [2.45, 2.75) is 12.8 Å². The van der Waals surface area contributed by atoms with E-state index < -0.39 is 17.5 Å². The fraction of sp³-hybridized carbons (Fsp3) is 0.312. The SMILES string of the molecule is CN(C)N(CCCc1c(F)cccc1F)C(=O)c1nccnc1Cl. The molecule has 5 nitrogen and oxygen atoms in total. The fourth-order valence-corrected chi connectivity index (χ4v) is 2.43. The molecule has 0 spiro atoms. The van der Waals surface area contributed by atoms with Crippen LogP contribution >= 0.6 is 11.6 Å². The normalized spacial score (nSPS) is 10.9. The molecule has 1 amide bonds. The van der Waals surface area contributed by atoms with E-state index in [0.717, 1.165) is 0 Å². The maximum Gasteiger partial charge on any atom is 0.289 e. The highest BCUT2D eigenvalue weighted by atomic mass is 35.5. The van der Waals surface area contributed by atoms with Gasteiger partial charge in [-0.05, 0) is 25.0 Å². The van der Waals surface area contributed by atoms with Gasteiger partial charge in [-0.3, -0.25) is 9.80 Å². The predicted molar refractivity (Wildman–Crippen MR) is 86.4 cm³/mol. The van der Waals surface area contributed by atoms with Gasteiger partial charge in [-0.15, -0.1) is 0 Å². The molecule has 1 aromatic heterocycles. The van der Waals surface area contributed by atoms with E-state index >= 15 is 0 Å². The number of amides is 1. The molecule has 0 atom stereocenters. The zero-order valence-corrected chi connectivity index (χ0v) is 14.1. The molecule has 1 aromatic carbocycles. The first kappa shape index (κ1) is 18.2. The summed E-state index contributed by atoms with van der Waals surface area (Å²) >= 11 is 5.90. The van der Waals surface area contributed by atoms with Crippen molar-refractivity contribution in [1.29, 1.82) is 0 Å². The zero-order valence-electron chi connectivity index (χ0n) is 13.3. The van der Waals surface area contributed by atoms with Crippen LogP contribution in [0.4, 0.5) is 8.78 Å². The molecule has 128 valence electrons. The molecule has 0 aliphatic heterocycles. The molecule has 0 bridgehead atoms. The van der Waals surface area contributed by atoms with Crippen LogP contribution in [0, 0.1) is 11.6 Å². The van der Waals surface area contributed by atoms with Crippen molar-refractivity contribution in [3.63, 3.8) is 0 Å². The van der Waals surface area contributed by atoms with E-state index in [-0.39, 0.29) is 29.4 Å². The zero-order chi connectivity index (χ0) is 17.7. The monoisotopic (exact) mass is 354 g/mol. The number of carbonyl (C=O) groups excluding carboxylic acids is 1. The highest BCUT2D eigenvalue weighted by Crippen LogP contribution is 2.16. The van der Waals surface area contributed by atoms with E-state index in [1.165, 1.54) is 35.6 Å². The Balaban J connectivity index is 2.07. The van der Waals surface area contributed by atoms with Crippen LogP contribution in [0.1, 0.15) is 22.5 Å². The highest BCUT2D eigenvalue weighted by Gasteiger charge is 2.22. The van der Waals surface area contributed by atoms with Crippen molar-refractivity contribution in [1.82, 2.24) is 20.0 Å². The summed E-state index contributed by atoms with van der Waals surface area (Å²) in [6.45, 7) is 0.256. The van der Waals surface area contributed by atoms with Crippen LogP contribution in [-0.4, -0.2) is 46.5 Å². The topological polar surface area (TPSA) is 49.3 Å². The van der Waals surface area contributed by atoms with Crippen LogP contribution in [0.25, 0.3) is 0 Å². The number of rotatable bonds is 6. The molecule has 0 saturated carbocycles. The van der Waals surface area contributed by atoms with Gasteiger partial charge in [0, 0.05) is 38.6 Å². The predicted octanol–water partition coefficient (Wildman–Crippen LogP) is 2.96. The summed E-state index contributed by atoms with van der Waals surface area (Å²) in [7, 11) is 3.37. The molecule has 24 heavy (non-hydrogen) atoms. The molecule has 0 radical (unpaired) electrons. The van der Waals surface area contributed by atoms with Crippen molar-refractivity contribution in [3.8, 4) is 0 Å². The molecule has 0 fully saturated rings. The second-order valence-corrected chi connectivity index (χ2v) is 5.63. The quantitative estimate of drug-likeness (QED) is 0.748. The van der Waals surface area contributed by atoms with Gasteiger partial charge in [0.2, 0.25) is 0 Å². The first-order valence-corrected chi connectivity index (χ1v) is 7.68. The molecular formula is C16H17ClF2N4O. The van der Waals surface area contributed by atoms with Crippen molar-refractivity contribution < 1.29 is 13.6 Å². The Labute approximate surface area is 143 Å². The number of halogens is 3. The molecule has 0 saturated heterocycles. The number of carbonyl (C=O) groups is 1. The maximum atomic E-state index is 13.6. The smallest absolute Gasteiger partial charge is 0.270 e. The Bertz CT molecular complexity index is 707. The van der Waals surface area contributed by atoms with Crippen LogP contribution < -0.4 is 0 Å². The minimum atomic E-state index is -0.588. The van der Waals surface area contributed by atoms with Crippen LogP contribution in [0.15, 0.2) is 30.6 Å². The summed E-state index contributed by atoms with van der Waals surface area (Å²) in [5.41, 5.74) is 0.0473. The van der Waals surface area contributed by atoms with Gasteiger partial charge in [0.05, 0.1) is 0 Å². The molecule has 0 unspecified atom stereocenters. The lowest BCUT2D eigenvalue weighted by Gasteiger charge is -2.28. The van der Waals surface area contributed by atoms with Gasteiger partial charge in [-0.1, -0.05) is 17.7 Å². The van der Waals surface area contributed by atoms with Crippen molar-refractivity contribution >= 4 is 17.5 Å².